The smallest absolute Gasteiger partial charge is 0.251 e. The molecule has 1 saturated heterocycles. The highest BCUT2D eigenvalue weighted by Crippen LogP contribution is 2.21. The molecule has 1 fully saturated rings. The van der Waals surface area contributed by atoms with Crippen molar-refractivity contribution in [2.24, 2.45) is 0 Å². The molecule has 138 valence electrons. The summed E-state index contributed by atoms with van der Waals surface area (Å²) in [6.45, 7) is 3.51. The van der Waals surface area contributed by atoms with Gasteiger partial charge in [0.25, 0.3) is 5.91 Å². The minimum atomic E-state index is -3.54. The Labute approximate surface area is 155 Å². The normalized spacial score (nSPS) is 15.6. The molecule has 0 unspecified atom stereocenters. The van der Waals surface area contributed by atoms with Gasteiger partial charge in [0.15, 0.2) is 0 Å². The fraction of sp³-hybridized carbons (Fsp3) is 0.350. The van der Waals surface area contributed by atoms with Crippen molar-refractivity contribution in [2.75, 3.05) is 13.1 Å². The van der Waals surface area contributed by atoms with Gasteiger partial charge in [0.1, 0.15) is 0 Å². The molecule has 1 aliphatic heterocycles. The molecule has 0 bridgehead atoms. The molecule has 26 heavy (non-hydrogen) atoms. The van der Waals surface area contributed by atoms with Crippen LogP contribution in [0.15, 0.2) is 53.4 Å². The first-order valence-corrected chi connectivity index (χ1v) is 10.3. The van der Waals surface area contributed by atoms with Crippen LogP contribution in [0.1, 0.15) is 40.7 Å². The number of rotatable bonds is 5. The van der Waals surface area contributed by atoms with E-state index in [-0.39, 0.29) is 10.8 Å². The number of sulfonamides is 1. The predicted octanol–water partition coefficient (Wildman–Crippen LogP) is 3.10. The lowest BCUT2D eigenvalue weighted by atomic mass is 10.1. The number of amides is 1. The number of benzene rings is 2. The van der Waals surface area contributed by atoms with E-state index in [0.717, 1.165) is 30.4 Å². The van der Waals surface area contributed by atoms with Gasteiger partial charge in [-0.25, -0.2) is 8.42 Å². The van der Waals surface area contributed by atoms with E-state index < -0.39 is 10.0 Å². The lowest BCUT2D eigenvalue weighted by Crippen LogP contribution is -2.35. The van der Waals surface area contributed by atoms with Crippen LogP contribution >= 0.6 is 0 Å². The summed E-state index contributed by atoms with van der Waals surface area (Å²) < 4.78 is 27.0. The van der Waals surface area contributed by atoms with Gasteiger partial charge in [-0.15, -0.1) is 0 Å². The van der Waals surface area contributed by atoms with E-state index in [0.29, 0.717) is 25.2 Å². The third kappa shape index (κ3) is 4.31. The SMILES string of the molecule is Cc1ccc(CNC(=O)c2cccc(S(=O)(=O)N3CCCCC3)c2)cc1. The van der Waals surface area contributed by atoms with Crippen LogP contribution in [0, 0.1) is 6.92 Å². The zero-order valence-electron chi connectivity index (χ0n) is 14.9. The fourth-order valence-corrected chi connectivity index (χ4v) is 4.61. The molecule has 1 aliphatic rings. The van der Waals surface area contributed by atoms with Crippen LogP contribution in [0.25, 0.3) is 0 Å². The number of piperidine rings is 1. The standard InChI is InChI=1S/C20H24N2O3S/c1-16-8-10-17(11-9-16)15-21-20(23)18-6-5-7-19(14-18)26(24,25)22-12-3-2-4-13-22/h5-11,14H,2-4,12-13,15H2,1H3,(H,21,23). The molecule has 5 nitrogen and oxygen atoms in total. The molecule has 2 aromatic carbocycles. The fourth-order valence-electron chi connectivity index (χ4n) is 3.04. The van der Waals surface area contributed by atoms with E-state index in [1.807, 2.05) is 31.2 Å². The Morgan fingerprint density at radius 1 is 1.04 bits per heavy atom. The molecule has 1 heterocycles. The van der Waals surface area contributed by atoms with Gasteiger partial charge in [0.05, 0.1) is 4.90 Å². The van der Waals surface area contributed by atoms with E-state index in [1.165, 1.54) is 10.4 Å². The van der Waals surface area contributed by atoms with Crippen molar-refractivity contribution in [1.82, 2.24) is 9.62 Å². The van der Waals surface area contributed by atoms with Gasteiger partial charge in [-0.05, 0) is 43.5 Å². The van der Waals surface area contributed by atoms with Crippen LogP contribution in [0.3, 0.4) is 0 Å². The molecule has 0 spiro atoms. The Hall–Kier alpha value is -2.18. The highest BCUT2D eigenvalue weighted by Gasteiger charge is 2.26. The second kappa shape index (κ2) is 8.01. The number of aryl methyl sites for hydroxylation is 1. The number of hydrogen-bond acceptors (Lipinski definition) is 3. The summed E-state index contributed by atoms with van der Waals surface area (Å²) in [5, 5.41) is 2.85. The van der Waals surface area contributed by atoms with Gasteiger partial charge in [-0.2, -0.15) is 4.31 Å². The van der Waals surface area contributed by atoms with E-state index >= 15 is 0 Å². The van der Waals surface area contributed by atoms with E-state index in [9.17, 15) is 13.2 Å². The maximum absolute atomic E-state index is 12.8. The van der Waals surface area contributed by atoms with Gasteiger partial charge in [-0.1, -0.05) is 42.3 Å². The summed E-state index contributed by atoms with van der Waals surface area (Å²) in [5.41, 5.74) is 2.52. The molecule has 1 N–H and O–H groups in total. The van der Waals surface area contributed by atoms with E-state index in [2.05, 4.69) is 5.32 Å². The minimum absolute atomic E-state index is 0.183. The van der Waals surface area contributed by atoms with Crippen molar-refractivity contribution in [3.05, 3.63) is 65.2 Å². The molecule has 1 amide bonds. The van der Waals surface area contributed by atoms with Crippen molar-refractivity contribution in [2.45, 2.75) is 37.6 Å². The molecular weight excluding hydrogens is 348 g/mol. The van der Waals surface area contributed by atoms with Gasteiger partial charge in [0, 0.05) is 25.2 Å². The van der Waals surface area contributed by atoms with Gasteiger partial charge < -0.3 is 5.32 Å². The quantitative estimate of drug-likeness (QED) is 0.877. The number of carbonyl (C=O) groups is 1. The molecule has 0 aliphatic carbocycles. The minimum Gasteiger partial charge on any atom is -0.348 e. The van der Waals surface area contributed by atoms with E-state index in [1.54, 1.807) is 18.2 Å². The van der Waals surface area contributed by atoms with Crippen molar-refractivity contribution in [3.8, 4) is 0 Å². The van der Waals surface area contributed by atoms with Gasteiger partial charge >= 0.3 is 0 Å². The second-order valence-electron chi connectivity index (χ2n) is 6.66. The molecule has 0 aromatic heterocycles. The number of nitrogens with one attached hydrogen (secondary N) is 1. The Balaban J connectivity index is 1.71. The summed E-state index contributed by atoms with van der Waals surface area (Å²) in [6.07, 6.45) is 2.83. The van der Waals surface area contributed by atoms with Crippen molar-refractivity contribution >= 4 is 15.9 Å². The average Bonchev–Trinajstić information content (AvgIpc) is 2.68. The van der Waals surface area contributed by atoms with Crippen molar-refractivity contribution in [1.29, 1.82) is 0 Å². The molecule has 6 heteroatoms. The lowest BCUT2D eigenvalue weighted by molar-refractivity contribution is 0.0950. The zero-order chi connectivity index (χ0) is 18.6. The summed E-state index contributed by atoms with van der Waals surface area (Å²) in [5.74, 6) is -0.277. The first kappa shape index (κ1) is 18.6. The Morgan fingerprint density at radius 2 is 1.73 bits per heavy atom. The second-order valence-corrected chi connectivity index (χ2v) is 8.60. The maximum Gasteiger partial charge on any atom is 0.251 e. The maximum atomic E-state index is 12.8. The Morgan fingerprint density at radius 3 is 2.42 bits per heavy atom. The first-order chi connectivity index (χ1) is 12.5. The predicted molar refractivity (Wildman–Crippen MR) is 101 cm³/mol. The average molecular weight is 372 g/mol. The molecule has 2 aromatic rings. The van der Waals surface area contributed by atoms with Crippen molar-refractivity contribution in [3.63, 3.8) is 0 Å². The topological polar surface area (TPSA) is 66.5 Å². The van der Waals surface area contributed by atoms with Gasteiger partial charge in [-0.3, -0.25) is 4.79 Å². The monoisotopic (exact) mass is 372 g/mol. The summed E-state index contributed by atoms with van der Waals surface area (Å²) in [7, 11) is -3.54. The van der Waals surface area contributed by atoms with Crippen LogP contribution in [-0.2, 0) is 16.6 Å². The van der Waals surface area contributed by atoms with Crippen LogP contribution in [-0.4, -0.2) is 31.7 Å². The lowest BCUT2D eigenvalue weighted by Gasteiger charge is -2.26. The number of hydrogen-bond donors (Lipinski definition) is 1. The summed E-state index contributed by atoms with van der Waals surface area (Å²) in [4.78, 5) is 12.6. The zero-order valence-corrected chi connectivity index (χ0v) is 15.8. The Bertz CT molecular complexity index is 870. The van der Waals surface area contributed by atoms with Crippen molar-refractivity contribution < 1.29 is 13.2 Å². The van der Waals surface area contributed by atoms with Gasteiger partial charge in [0.2, 0.25) is 10.0 Å². The van der Waals surface area contributed by atoms with E-state index in [4.69, 9.17) is 0 Å². The molecule has 3 rings (SSSR count). The highest BCUT2D eigenvalue weighted by molar-refractivity contribution is 7.89. The number of carbonyl (C=O) groups excluding carboxylic acids is 1. The molecular formula is C20H24N2O3S. The summed E-state index contributed by atoms with van der Waals surface area (Å²) in [6, 6.07) is 14.2. The third-order valence-corrected chi connectivity index (χ3v) is 6.52. The first-order valence-electron chi connectivity index (χ1n) is 8.91. The van der Waals surface area contributed by atoms with Crippen LogP contribution < -0.4 is 5.32 Å². The summed E-state index contributed by atoms with van der Waals surface area (Å²) >= 11 is 0. The number of nitrogens with zero attached hydrogens (tertiary/aromatic N) is 1. The van der Waals surface area contributed by atoms with Crippen LogP contribution in [0.4, 0.5) is 0 Å². The third-order valence-electron chi connectivity index (χ3n) is 4.62. The molecule has 0 saturated carbocycles. The molecule has 0 radical (unpaired) electrons. The van der Waals surface area contributed by atoms with Crippen LogP contribution in [0.5, 0.6) is 0 Å². The molecule has 0 atom stereocenters. The highest BCUT2D eigenvalue weighted by atomic mass is 32.2. The largest absolute Gasteiger partial charge is 0.348 e. The Kier molecular flexibility index (Phi) is 5.74. The van der Waals surface area contributed by atoms with Crippen LogP contribution in [0.2, 0.25) is 0 Å².